The number of hydrogen-bond acceptors (Lipinski definition) is 4. The van der Waals surface area contributed by atoms with E-state index in [1.165, 1.54) is 10.0 Å². The molecular weight excluding hydrogens is 357 g/mol. The zero-order chi connectivity index (χ0) is 19.1. The molecule has 1 aliphatic rings. The van der Waals surface area contributed by atoms with Crippen molar-refractivity contribution in [2.45, 2.75) is 25.7 Å². The summed E-state index contributed by atoms with van der Waals surface area (Å²) >= 11 is 0. The molecule has 0 saturated carbocycles. The van der Waals surface area contributed by atoms with Gasteiger partial charge in [-0.25, -0.2) is 16.8 Å². The van der Waals surface area contributed by atoms with E-state index in [0.717, 1.165) is 11.8 Å². The van der Waals surface area contributed by atoms with Gasteiger partial charge in [0, 0.05) is 17.5 Å². The van der Waals surface area contributed by atoms with Crippen molar-refractivity contribution >= 4 is 21.7 Å². The van der Waals surface area contributed by atoms with E-state index in [1.54, 1.807) is 31.3 Å². The molecule has 4 N–H and O–H groups in total. The maximum atomic E-state index is 14.3. The van der Waals surface area contributed by atoms with Crippen molar-refractivity contribution in [3.8, 4) is 0 Å². The summed E-state index contributed by atoms with van der Waals surface area (Å²) in [6, 6.07) is 6.45. The minimum atomic E-state index is -3.51. The number of aryl methyl sites for hydroxylation is 1. The number of rotatable bonds is 3. The highest BCUT2D eigenvalue weighted by Crippen LogP contribution is 2.37. The number of hydrogen-bond donors (Lipinski definition) is 2. The number of guanidine groups is 1. The number of aromatic nitrogens is 1. The molecule has 0 bridgehead atoms. The Morgan fingerprint density at radius 3 is 2.58 bits per heavy atom. The molecular formula is C17H20FN5O2S. The minimum absolute atomic E-state index is 0.202. The van der Waals surface area contributed by atoms with Gasteiger partial charge in [0.05, 0.1) is 12.0 Å². The monoisotopic (exact) mass is 377 g/mol. The Morgan fingerprint density at radius 1 is 1.27 bits per heavy atom. The summed E-state index contributed by atoms with van der Waals surface area (Å²) in [4.78, 5) is 0. The van der Waals surface area contributed by atoms with Gasteiger partial charge in [0.15, 0.2) is 0 Å². The van der Waals surface area contributed by atoms with Crippen LogP contribution in [0.5, 0.6) is 0 Å². The van der Waals surface area contributed by atoms with Crippen molar-refractivity contribution in [2.75, 3.05) is 6.26 Å². The SMILES string of the molecule is Cc1cn(S(C)(=O)=O)c2c1/C(=N/N=C(N)N)CC(c1ccccc1F)C2. The fraction of sp³-hybridized carbons (Fsp3) is 0.294. The molecule has 1 aromatic heterocycles. The van der Waals surface area contributed by atoms with Crippen LogP contribution in [0.25, 0.3) is 0 Å². The summed E-state index contributed by atoms with van der Waals surface area (Å²) in [5.41, 5.74) is 13.8. The van der Waals surface area contributed by atoms with Crippen LogP contribution in [-0.2, 0) is 16.4 Å². The molecule has 2 aromatic rings. The van der Waals surface area contributed by atoms with Gasteiger partial charge in [-0.05, 0) is 42.9 Å². The molecule has 138 valence electrons. The maximum absolute atomic E-state index is 14.3. The lowest BCUT2D eigenvalue weighted by molar-refractivity contribution is 0.567. The molecule has 7 nitrogen and oxygen atoms in total. The van der Waals surface area contributed by atoms with E-state index in [9.17, 15) is 12.8 Å². The van der Waals surface area contributed by atoms with E-state index < -0.39 is 10.0 Å². The summed E-state index contributed by atoms with van der Waals surface area (Å²) in [6.07, 6.45) is 3.46. The Balaban J connectivity index is 2.20. The van der Waals surface area contributed by atoms with E-state index in [4.69, 9.17) is 11.5 Å². The van der Waals surface area contributed by atoms with Gasteiger partial charge in [-0.2, -0.15) is 5.10 Å². The lowest BCUT2D eigenvalue weighted by Gasteiger charge is -2.25. The molecule has 0 fully saturated rings. The molecule has 1 aromatic carbocycles. The van der Waals surface area contributed by atoms with E-state index in [0.29, 0.717) is 35.4 Å². The van der Waals surface area contributed by atoms with Crippen LogP contribution in [0.15, 0.2) is 40.7 Å². The standard InChI is InChI=1S/C17H20FN5O2S/c1-10-9-23(26(2,24)25)15-8-11(12-5-3-4-6-13(12)18)7-14(16(10)15)21-22-17(19)20/h3-6,9,11H,7-8H2,1-2H3,(H4,19,20,22)/b21-14+. The first kappa shape index (κ1) is 18.1. The Bertz CT molecular complexity index is 1020. The predicted octanol–water partition coefficient (Wildman–Crippen LogP) is 1.45. The van der Waals surface area contributed by atoms with Crippen LogP contribution in [-0.4, -0.2) is 30.3 Å². The molecule has 0 radical (unpaired) electrons. The lowest BCUT2D eigenvalue weighted by atomic mass is 9.81. The molecule has 0 aliphatic heterocycles. The van der Waals surface area contributed by atoms with E-state index in [1.807, 2.05) is 0 Å². The van der Waals surface area contributed by atoms with Gasteiger partial charge in [-0.1, -0.05) is 18.2 Å². The van der Waals surface area contributed by atoms with Crippen molar-refractivity contribution in [1.29, 1.82) is 0 Å². The van der Waals surface area contributed by atoms with E-state index in [-0.39, 0.29) is 17.7 Å². The summed E-state index contributed by atoms with van der Waals surface area (Å²) in [5, 5.41) is 7.83. The molecule has 0 amide bonds. The van der Waals surface area contributed by atoms with Gasteiger partial charge in [-0.15, -0.1) is 5.10 Å². The van der Waals surface area contributed by atoms with Gasteiger partial charge in [0.25, 0.3) is 0 Å². The summed E-state index contributed by atoms with van der Waals surface area (Å²) in [6.45, 7) is 1.80. The van der Waals surface area contributed by atoms with Crippen molar-refractivity contribution in [3.05, 3.63) is 58.7 Å². The Labute approximate surface area is 151 Å². The highest BCUT2D eigenvalue weighted by atomic mass is 32.2. The summed E-state index contributed by atoms with van der Waals surface area (Å²) in [5.74, 6) is -0.810. The molecule has 26 heavy (non-hydrogen) atoms. The number of fused-ring (bicyclic) bond motifs is 1. The molecule has 9 heteroatoms. The van der Waals surface area contributed by atoms with E-state index in [2.05, 4.69) is 10.2 Å². The number of nitrogens with two attached hydrogens (primary N) is 2. The predicted molar refractivity (Wildman–Crippen MR) is 99.2 cm³/mol. The first-order valence-electron chi connectivity index (χ1n) is 8.00. The van der Waals surface area contributed by atoms with Crippen LogP contribution >= 0.6 is 0 Å². The molecule has 0 saturated heterocycles. The number of halogens is 1. The fourth-order valence-electron chi connectivity index (χ4n) is 3.41. The van der Waals surface area contributed by atoms with E-state index >= 15 is 0 Å². The Morgan fingerprint density at radius 2 is 1.96 bits per heavy atom. The molecule has 1 aliphatic carbocycles. The van der Waals surface area contributed by atoms with Crippen molar-refractivity contribution in [2.24, 2.45) is 21.7 Å². The summed E-state index contributed by atoms with van der Waals surface area (Å²) in [7, 11) is -3.51. The van der Waals surface area contributed by atoms with Crippen LogP contribution in [0.2, 0.25) is 0 Å². The highest BCUT2D eigenvalue weighted by Gasteiger charge is 2.32. The van der Waals surface area contributed by atoms with Crippen molar-refractivity contribution in [3.63, 3.8) is 0 Å². The van der Waals surface area contributed by atoms with Gasteiger partial charge < -0.3 is 11.5 Å². The van der Waals surface area contributed by atoms with Crippen molar-refractivity contribution in [1.82, 2.24) is 3.97 Å². The third-order valence-corrected chi connectivity index (χ3v) is 5.46. The third-order valence-electron chi connectivity index (χ3n) is 4.42. The second kappa shape index (κ2) is 6.56. The average molecular weight is 377 g/mol. The van der Waals surface area contributed by atoms with Gasteiger partial charge >= 0.3 is 0 Å². The van der Waals surface area contributed by atoms with Crippen LogP contribution < -0.4 is 11.5 Å². The smallest absolute Gasteiger partial charge is 0.235 e. The minimum Gasteiger partial charge on any atom is -0.369 e. The molecule has 1 heterocycles. The maximum Gasteiger partial charge on any atom is 0.235 e. The number of nitrogens with zero attached hydrogens (tertiary/aromatic N) is 3. The highest BCUT2D eigenvalue weighted by molar-refractivity contribution is 7.89. The quantitative estimate of drug-likeness (QED) is 0.478. The van der Waals surface area contributed by atoms with Crippen LogP contribution in [0, 0.1) is 12.7 Å². The zero-order valence-corrected chi connectivity index (χ0v) is 15.3. The molecule has 3 rings (SSSR count). The number of benzene rings is 1. The zero-order valence-electron chi connectivity index (χ0n) is 14.5. The lowest BCUT2D eigenvalue weighted by Crippen LogP contribution is -2.25. The van der Waals surface area contributed by atoms with Gasteiger partial charge in [0.2, 0.25) is 16.0 Å². The van der Waals surface area contributed by atoms with Crippen LogP contribution in [0.4, 0.5) is 4.39 Å². The Hall–Kier alpha value is -2.68. The first-order valence-corrected chi connectivity index (χ1v) is 9.85. The van der Waals surface area contributed by atoms with Crippen LogP contribution in [0.3, 0.4) is 0 Å². The van der Waals surface area contributed by atoms with Gasteiger partial charge in [-0.3, -0.25) is 0 Å². The molecule has 1 unspecified atom stereocenters. The second-order valence-electron chi connectivity index (χ2n) is 6.39. The fourth-order valence-corrected chi connectivity index (χ4v) is 4.33. The molecule has 1 atom stereocenters. The Kier molecular flexibility index (Phi) is 4.57. The van der Waals surface area contributed by atoms with Gasteiger partial charge in [0.1, 0.15) is 5.82 Å². The van der Waals surface area contributed by atoms with Crippen LogP contribution in [0.1, 0.15) is 34.7 Å². The molecule has 0 spiro atoms. The largest absolute Gasteiger partial charge is 0.369 e. The van der Waals surface area contributed by atoms with Crippen molar-refractivity contribution < 1.29 is 12.8 Å². The average Bonchev–Trinajstić information content (AvgIpc) is 2.90. The first-order chi connectivity index (χ1) is 12.2. The topological polar surface area (TPSA) is 116 Å². The second-order valence-corrected chi connectivity index (χ2v) is 8.25. The third kappa shape index (κ3) is 3.34. The summed E-state index contributed by atoms with van der Waals surface area (Å²) < 4.78 is 39.9. The normalized spacial score (nSPS) is 18.6.